The third kappa shape index (κ3) is 3.45. The number of para-hydroxylation sites is 1. The number of rotatable bonds is 4. The molecule has 5 heteroatoms. The van der Waals surface area contributed by atoms with Gasteiger partial charge in [-0.25, -0.2) is 0 Å². The van der Waals surface area contributed by atoms with Gasteiger partial charge in [-0.05, 0) is 63.8 Å². The molecular weight excluding hydrogens is 348 g/mol. The average molecular weight is 362 g/mol. The van der Waals surface area contributed by atoms with Gasteiger partial charge in [0.15, 0.2) is 0 Å². The summed E-state index contributed by atoms with van der Waals surface area (Å²) < 4.78 is 1.89. The topological polar surface area (TPSA) is 41.1 Å². The molecule has 2 N–H and O–H groups in total. The number of hydrogen-bond donors (Lipinski definition) is 2. The molecule has 1 aliphatic rings. The maximum atomic E-state index is 11.8. The molecule has 0 bridgehead atoms. The van der Waals surface area contributed by atoms with E-state index < -0.39 is 0 Å². The van der Waals surface area contributed by atoms with Crippen molar-refractivity contribution in [2.75, 3.05) is 5.32 Å². The monoisotopic (exact) mass is 360 g/mol. The van der Waals surface area contributed by atoms with Crippen LogP contribution in [0.4, 0.5) is 5.69 Å². The van der Waals surface area contributed by atoms with Gasteiger partial charge in [0.1, 0.15) is 6.04 Å². The van der Waals surface area contributed by atoms with E-state index in [-0.39, 0.29) is 11.9 Å². The van der Waals surface area contributed by atoms with Crippen LogP contribution in [-0.4, -0.2) is 18.0 Å². The Balaban J connectivity index is 2.01. The largest absolute Gasteiger partial charge is 0.372 e. The van der Waals surface area contributed by atoms with Crippen molar-refractivity contribution in [3.63, 3.8) is 0 Å². The molecule has 1 aromatic carbocycles. The lowest BCUT2D eigenvalue weighted by molar-refractivity contribution is -0.121. The molecule has 1 amide bonds. The summed E-state index contributed by atoms with van der Waals surface area (Å²) in [5.41, 5.74) is 0.908. The van der Waals surface area contributed by atoms with Crippen molar-refractivity contribution in [2.24, 2.45) is 0 Å². The summed E-state index contributed by atoms with van der Waals surface area (Å²) in [6.45, 7) is 1.86. The summed E-state index contributed by atoms with van der Waals surface area (Å²) in [5.74, 6) is 0.0511. The molecular formula is C12H14Br2N2O. The van der Waals surface area contributed by atoms with Crippen molar-refractivity contribution < 1.29 is 4.79 Å². The van der Waals surface area contributed by atoms with Crippen molar-refractivity contribution in [3.05, 3.63) is 27.1 Å². The molecule has 17 heavy (non-hydrogen) atoms. The second kappa shape index (κ2) is 5.40. The van der Waals surface area contributed by atoms with Gasteiger partial charge in [-0.3, -0.25) is 4.79 Å². The first-order chi connectivity index (χ1) is 8.08. The highest BCUT2D eigenvalue weighted by Crippen LogP contribution is 2.31. The highest BCUT2D eigenvalue weighted by atomic mass is 79.9. The van der Waals surface area contributed by atoms with Crippen LogP contribution in [0, 0.1) is 0 Å². The van der Waals surface area contributed by atoms with Crippen LogP contribution in [0.1, 0.15) is 19.8 Å². The Hall–Kier alpha value is -0.550. The number of benzene rings is 1. The van der Waals surface area contributed by atoms with Crippen molar-refractivity contribution in [1.82, 2.24) is 5.32 Å². The molecule has 0 aliphatic heterocycles. The molecule has 3 nitrogen and oxygen atoms in total. The van der Waals surface area contributed by atoms with Crippen molar-refractivity contribution >= 4 is 43.5 Å². The Kier molecular flexibility index (Phi) is 4.09. The second-order valence-electron chi connectivity index (χ2n) is 4.25. The second-order valence-corrected chi connectivity index (χ2v) is 5.95. The number of nitrogens with one attached hydrogen (secondary N) is 2. The SMILES string of the molecule is CC(Nc1c(Br)cccc1Br)C(=O)NC1CC1. The van der Waals surface area contributed by atoms with Crippen LogP contribution in [0.25, 0.3) is 0 Å². The normalized spacial score (nSPS) is 16.4. The lowest BCUT2D eigenvalue weighted by Gasteiger charge is -2.17. The van der Waals surface area contributed by atoms with E-state index in [4.69, 9.17) is 0 Å². The van der Waals surface area contributed by atoms with Gasteiger partial charge >= 0.3 is 0 Å². The van der Waals surface area contributed by atoms with Crippen molar-refractivity contribution in [2.45, 2.75) is 31.8 Å². The molecule has 0 radical (unpaired) electrons. The summed E-state index contributed by atoms with van der Waals surface area (Å²) in [4.78, 5) is 11.8. The summed E-state index contributed by atoms with van der Waals surface area (Å²) in [5, 5.41) is 6.19. The zero-order valence-corrected chi connectivity index (χ0v) is 12.6. The van der Waals surface area contributed by atoms with Gasteiger partial charge in [-0.15, -0.1) is 0 Å². The van der Waals surface area contributed by atoms with Crippen molar-refractivity contribution in [3.8, 4) is 0 Å². The Bertz CT molecular complexity index is 412. The van der Waals surface area contributed by atoms with E-state index in [1.165, 1.54) is 0 Å². The van der Waals surface area contributed by atoms with Gasteiger partial charge in [-0.1, -0.05) is 6.07 Å². The number of amides is 1. The Morgan fingerprint density at radius 3 is 2.47 bits per heavy atom. The minimum absolute atomic E-state index is 0.0511. The molecule has 0 saturated heterocycles. The zero-order valence-electron chi connectivity index (χ0n) is 9.47. The van der Waals surface area contributed by atoms with E-state index in [0.29, 0.717) is 6.04 Å². The van der Waals surface area contributed by atoms with Crippen molar-refractivity contribution in [1.29, 1.82) is 0 Å². The quantitative estimate of drug-likeness (QED) is 0.863. The molecule has 1 aromatic rings. The fourth-order valence-electron chi connectivity index (χ4n) is 1.47. The van der Waals surface area contributed by atoms with Crippen LogP contribution in [0.3, 0.4) is 0 Å². The molecule has 1 unspecified atom stereocenters. The predicted molar refractivity (Wildman–Crippen MR) is 76.1 cm³/mol. The predicted octanol–water partition coefficient (Wildman–Crippen LogP) is 3.29. The maximum Gasteiger partial charge on any atom is 0.242 e. The fourth-order valence-corrected chi connectivity index (χ4v) is 2.70. The van der Waals surface area contributed by atoms with Gasteiger partial charge in [-0.2, -0.15) is 0 Å². The number of carbonyl (C=O) groups excluding carboxylic acids is 1. The van der Waals surface area contributed by atoms with Crippen LogP contribution in [0.5, 0.6) is 0 Å². The Labute approximate surface area is 118 Å². The molecule has 1 saturated carbocycles. The lowest BCUT2D eigenvalue weighted by atomic mass is 10.2. The highest BCUT2D eigenvalue weighted by molar-refractivity contribution is 9.11. The van der Waals surface area contributed by atoms with Gasteiger partial charge in [0, 0.05) is 15.0 Å². The van der Waals surface area contributed by atoms with Crippen LogP contribution in [-0.2, 0) is 4.79 Å². The molecule has 1 atom stereocenters. The van der Waals surface area contributed by atoms with Gasteiger partial charge in [0.25, 0.3) is 0 Å². The molecule has 0 aromatic heterocycles. The van der Waals surface area contributed by atoms with E-state index in [1.54, 1.807) is 0 Å². The Morgan fingerprint density at radius 1 is 1.35 bits per heavy atom. The molecule has 0 spiro atoms. The minimum Gasteiger partial charge on any atom is -0.372 e. The lowest BCUT2D eigenvalue weighted by Crippen LogP contribution is -2.38. The average Bonchev–Trinajstić information content (AvgIpc) is 3.07. The van der Waals surface area contributed by atoms with Crippen LogP contribution >= 0.6 is 31.9 Å². The number of carbonyl (C=O) groups is 1. The highest BCUT2D eigenvalue weighted by Gasteiger charge is 2.25. The third-order valence-corrected chi connectivity index (χ3v) is 3.96. The molecule has 2 rings (SSSR count). The molecule has 92 valence electrons. The summed E-state index contributed by atoms with van der Waals surface area (Å²) >= 11 is 6.93. The minimum atomic E-state index is -0.245. The summed E-state index contributed by atoms with van der Waals surface area (Å²) in [6.07, 6.45) is 2.22. The third-order valence-electron chi connectivity index (χ3n) is 2.64. The Morgan fingerprint density at radius 2 is 1.94 bits per heavy atom. The first kappa shape index (κ1) is 12.9. The van der Waals surface area contributed by atoms with Gasteiger partial charge < -0.3 is 10.6 Å². The standard InChI is InChI=1S/C12H14Br2N2O/c1-7(12(17)16-8-5-6-8)15-11-9(13)3-2-4-10(11)14/h2-4,7-8,15H,5-6H2,1H3,(H,16,17). The van der Waals surface area contributed by atoms with Gasteiger partial charge in [0.05, 0.1) is 5.69 Å². The van der Waals surface area contributed by atoms with E-state index in [2.05, 4.69) is 42.5 Å². The number of halogens is 2. The first-order valence-electron chi connectivity index (χ1n) is 5.59. The van der Waals surface area contributed by atoms with E-state index >= 15 is 0 Å². The van der Waals surface area contributed by atoms with E-state index in [9.17, 15) is 4.79 Å². The van der Waals surface area contributed by atoms with Gasteiger partial charge in [0.2, 0.25) is 5.91 Å². The van der Waals surface area contributed by atoms with Crippen LogP contribution in [0.2, 0.25) is 0 Å². The first-order valence-corrected chi connectivity index (χ1v) is 7.17. The smallest absolute Gasteiger partial charge is 0.242 e. The summed E-state index contributed by atoms with van der Waals surface area (Å²) in [6, 6.07) is 5.98. The van der Waals surface area contributed by atoms with Crippen LogP contribution in [0.15, 0.2) is 27.1 Å². The zero-order chi connectivity index (χ0) is 12.4. The summed E-state index contributed by atoms with van der Waals surface area (Å²) in [7, 11) is 0. The number of hydrogen-bond acceptors (Lipinski definition) is 2. The molecule has 0 heterocycles. The van der Waals surface area contributed by atoms with E-state index in [0.717, 1.165) is 27.5 Å². The van der Waals surface area contributed by atoms with Crippen LogP contribution < -0.4 is 10.6 Å². The fraction of sp³-hybridized carbons (Fsp3) is 0.417. The molecule has 1 aliphatic carbocycles. The van der Waals surface area contributed by atoms with E-state index in [1.807, 2.05) is 25.1 Å². The number of anilines is 1. The molecule has 1 fully saturated rings. The maximum absolute atomic E-state index is 11.8.